The minimum Gasteiger partial charge on any atom is -0.497 e. The Kier molecular flexibility index (Phi) is 4.84. The van der Waals surface area contributed by atoms with Gasteiger partial charge < -0.3 is 15.0 Å². The van der Waals surface area contributed by atoms with Crippen LogP contribution in [-0.2, 0) is 0 Å². The van der Waals surface area contributed by atoms with E-state index in [1.54, 1.807) is 7.11 Å². The highest BCUT2D eigenvalue weighted by atomic mass is 16.5. The number of likely N-dealkylation sites (N-methyl/N-ethyl adjacent to an activating group) is 1. The Hall–Kier alpha value is -1.75. The lowest BCUT2D eigenvalue weighted by molar-refractivity contribution is 0.0685. The minimum atomic E-state index is -0.0291. The summed E-state index contributed by atoms with van der Waals surface area (Å²) in [6.07, 6.45) is 0. The molecule has 0 radical (unpaired) electrons. The SMILES string of the molecule is CCN(CC)C1CN(C(=O)Nc2ccc(OC)cc2)C1. The fourth-order valence-electron chi connectivity index (χ4n) is 2.47. The average molecular weight is 277 g/mol. The molecule has 5 heteroatoms. The van der Waals surface area contributed by atoms with Gasteiger partial charge >= 0.3 is 6.03 Å². The number of anilines is 1. The van der Waals surface area contributed by atoms with Crippen molar-refractivity contribution in [3.8, 4) is 5.75 Å². The van der Waals surface area contributed by atoms with Crippen molar-refractivity contribution in [3.05, 3.63) is 24.3 Å². The first-order chi connectivity index (χ1) is 9.67. The van der Waals surface area contributed by atoms with Crippen LogP contribution in [-0.4, -0.2) is 55.2 Å². The van der Waals surface area contributed by atoms with Crippen molar-refractivity contribution < 1.29 is 9.53 Å². The fraction of sp³-hybridized carbons (Fsp3) is 0.533. The molecule has 1 heterocycles. The number of nitrogens with one attached hydrogen (secondary N) is 1. The van der Waals surface area contributed by atoms with E-state index in [0.29, 0.717) is 6.04 Å². The lowest BCUT2D eigenvalue weighted by atomic mass is 10.1. The summed E-state index contributed by atoms with van der Waals surface area (Å²) in [5.74, 6) is 0.786. The molecule has 1 aromatic carbocycles. The molecule has 0 unspecified atom stereocenters. The van der Waals surface area contributed by atoms with Crippen molar-refractivity contribution in [2.45, 2.75) is 19.9 Å². The molecule has 1 N–H and O–H groups in total. The Bertz CT molecular complexity index is 437. The molecule has 2 rings (SSSR count). The summed E-state index contributed by atoms with van der Waals surface area (Å²) in [6, 6.07) is 7.84. The van der Waals surface area contributed by atoms with E-state index in [4.69, 9.17) is 4.74 Å². The molecule has 110 valence electrons. The first-order valence-corrected chi connectivity index (χ1v) is 7.12. The lowest BCUT2D eigenvalue weighted by Crippen LogP contribution is -2.61. The quantitative estimate of drug-likeness (QED) is 0.898. The molecular formula is C15H23N3O2. The van der Waals surface area contributed by atoms with Gasteiger partial charge in [0.1, 0.15) is 5.75 Å². The van der Waals surface area contributed by atoms with E-state index in [2.05, 4.69) is 24.1 Å². The number of rotatable bonds is 5. The summed E-state index contributed by atoms with van der Waals surface area (Å²) in [5.41, 5.74) is 0.794. The number of amides is 2. The molecule has 1 aromatic rings. The van der Waals surface area contributed by atoms with E-state index < -0.39 is 0 Å². The van der Waals surface area contributed by atoms with Crippen LogP contribution in [0.4, 0.5) is 10.5 Å². The smallest absolute Gasteiger partial charge is 0.321 e. The number of urea groups is 1. The zero-order valence-electron chi connectivity index (χ0n) is 12.4. The standard InChI is InChI=1S/C15H23N3O2/c1-4-17(5-2)13-10-18(11-13)15(19)16-12-6-8-14(20-3)9-7-12/h6-9,13H,4-5,10-11H2,1-3H3,(H,16,19). The van der Waals surface area contributed by atoms with Crippen molar-refractivity contribution in [3.63, 3.8) is 0 Å². The van der Waals surface area contributed by atoms with Crippen LogP contribution in [0, 0.1) is 0 Å². The predicted molar refractivity (Wildman–Crippen MR) is 80.3 cm³/mol. The lowest BCUT2D eigenvalue weighted by Gasteiger charge is -2.44. The van der Waals surface area contributed by atoms with E-state index in [-0.39, 0.29) is 6.03 Å². The van der Waals surface area contributed by atoms with Gasteiger partial charge in [-0.05, 0) is 37.4 Å². The molecule has 0 aromatic heterocycles. The topological polar surface area (TPSA) is 44.8 Å². The second-order valence-corrected chi connectivity index (χ2v) is 4.94. The number of carbonyl (C=O) groups excluding carboxylic acids is 1. The van der Waals surface area contributed by atoms with Gasteiger partial charge in [0, 0.05) is 24.8 Å². The third-order valence-electron chi connectivity index (χ3n) is 3.82. The van der Waals surface area contributed by atoms with Crippen LogP contribution in [0.1, 0.15) is 13.8 Å². The highest BCUT2D eigenvalue weighted by Gasteiger charge is 2.33. The highest BCUT2D eigenvalue weighted by Crippen LogP contribution is 2.18. The summed E-state index contributed by atoms with van der Waals surface area (Å²) in [5, 5.41) is 2.90. The Balaban J connectivity index is 1.81. The number of ether oxygens (including phenoxy) is 1. The molecule has 0 saturated carbocycles. The number of hydrogen-bond donors (Lipinski definition) is 1. The van der Waals surface area contributed by atoms with Crippen LogP contribution in [0.5, 0.6) is 5.75 Å². The van der Waals surface area contributed by atoms with Crippen molar-refractivity contribution in [2.75, 3.05) is 38.6 Å². The maximum Gasteiger partial charge on any atom is 0.321 e. The summed E-state index contributed by atoms with van der Waals surface area (Å²) >= 11 is 0. The molecule has 0 bridgehead atoms. The van der Waals surface area contributed by atoms with Crippen molar-refractivity contribution >= 4 is 11.7 Å². The monoisotopic (exact) mass is 277 g/mol. The third kappa shape index (κ3) is 3.22. The minimum absolute atomic E-state index is 0.0291. The van der Waals surface area contributed by atoms with Crippen LogP contribution in [0.2, 0.25) is 0 Å². The average Bonchev–Trinajstić information content (AvgIpc) is 2.42. The maximum absolute atomic E-state index is 12.1. The molecule has 1 fully saturated rings. The Labute approximate surface area is 120 Å². The molecule has 0 spiro atoms. The van der Waals surface area contributed by atoms with Gasteiger partial charge in [0.15, 0.2) is 0 Å². The van der Waals surface area contributed by atoms with Crippen LogP contribution < -0.4 is 10.1 Å². The number of likely N-dealkylation sites (tertiary alicyclic amines) is 1. The Morgan fingerprint density at radius 2 is 1.90 bits per heavy atom. The van der Waals surface area contributed by atoms with Gasteiger partial charge in [-0.1, -0.05) is 13.8 Å². The van der Waals surface area contributed by atoms with Gasteiger partial charge in [-0.2, -0.15) is 0 Å². The molecule has 20 heavy (non-hydrogen) atoms. The molecule has 0 atom stereocenters. The predicted octanol–water partition coefficient (Wildman–Crippen LogP) is 2.25. The van der Waals surface area contributed by atoms with Gasteiger partial charge in [-0.25, -0.2) is 4.79 Å². The van der Waals surface area contributed by atoms with E-state index in [9.17, 15) is 4.79 Å². The Morgan fingerprint density at radius 3 is 2.40 bits per heavy atom. The number of nitrogens with zero attached hydrogens (tertiary/aromatic N) is 2. The summed E-state index contributed by atoms with van der Waals surface area (Å²) < 4.78 is 5.09. The van der Waals surface area contributed by atoms with E-state index in [1.165, 1.54) is 0 Å². The Morgan fingerprint density at radius 1 is 1.30 bits per heavy atom. The fourth-order valence-corrected chi connectivity index (χ4v) is 2.47. The number of hydrogen-bond acceptors (Lipinski definition) is 3. The van der Waals surface area contributed by atoms with E-state index in [1.807, 2.05) is 29.2 Å². The molecular weight excluding hydrogens is 254 g/mol. The van der Waals surface area contributed by atoms with Gasteiger partial charge in [0.05, 0.1) is 7.11 Å². The van der Waals surface area contributed by atoms with Crippen LogP contribution in [0.15, 0.2) is 24.3 Å². The number of carbonyl (C=O) groups is 1. The van der Waals surface area contributed by atoms with Crippen molar-refractivity contribution in [2.24, 2.45) is 0 Å². The third-order valence-corrected chi connectivity index (χ3v) is 3.82. The van der Waals surface area contributed by atoms with Gasteiger partial charge in [-0.3, -0.25) is 4.90 Å². The molecule has 1 aliphatic heterocycles. The second-order valence-electron chi connectivity index (χ2n) is 4.94. The normalized spacial score (nSPS) is 15.1. The molecule has 2 amide bonds. The van der Waals surface area contributed by atoms with Crippen LogP contribution in [0.25, 0.3) is 0 Å². The zero-order valence-corrected chi connectivity index (χ0v) is 12.4. The van der Waals surface area contributed by atoms with Crippen LogP contribution in [0.3, 0.4) is 0 Å². The van der Waals surface area contributed by atoms with Crippen molar-refractivity contribution in [1.82, 2.24) is 9.80 Å². The van der Waals surface area contributed by atoms with E-state index in [0.717, 1.165) is 37.6 Å². The second kappa shape index (κ2) is 6.61. The zero-order chi connectivity index (χ0) is 14.5. The molecule has 0 aliphatic carbocycles. The van der Waals surface area contributed by atoms with Crippen LogP contribution >= 0.6 is 0 Å². The number of benzene rings is 1. The maximum atomic E-state index is 12.1. The number of methoxy groups -OCH3 is 1. The van der Waals surface area contributed by atoms with E-state index >= 15 is 0 Å². The van der Waals surface area contributed by atoms with Gasteiger partial charge in [0.25, 0.3) is 0 Å². The molecule has 5 nitrogen and oxygen atoms in total. The van der Waals surface area contributed by atoms with Gasteiger partial charge in [0.2, 0.25) is 0 Å². The van der Waals surface area contributed by atoms with Crippen molar-refractivity contribution in [1.29, 1.82) is 0 Å². The highest BCUT2D eigenvalue weighted by molar-refractivity contribution is 5.90. The largest absolute Gasteiger partial charge is 0.497 e. The first kappa shape index (κ1) is 14.7. The molecule has 1 aliphatic rings. The summed E-state index contributed by atoms with van der Waals surface area (Å²) in [6.45, 7) is 8.00. The summed E-state index contributed by atoms with van der Waals surface area (Å²) in [7, 11) is 1.63. The first-order valence-electron chi connectivity index (χ1n) is 7.12. The molecule has 1 saturated heterocycles. The van der Waals surface area contributed by atoms with Gasteiger partial charge in [-0.15, -0.1) is 0 Å². The summed E-state index contributed by atoms with van der Waals surface area (Å²) in [4.78, 5) is 16.3.